The quantitative estimate of drug-likeness (QED) is 0.126. The van der Waals surface area contributed by atoms with E-state index in [9.17, 15) is 0 Å². The molecular weight excluding hydrogens is 1660 g/mol. The summed E-state index contributed by atoms with van der Waals surface area (Å²) in [4.78, 5) is 14.9. The van der Waals surface area contributed by atoms with Crippen molar-refractivity contribution in [3.63, 3.8) is 0 Å². The van der Waals surface area contributed by atoms with Gasteiger partial charge in [-0.3, -0.25) is 0 Å². The SMILES string of the molecule is CC(C)(C)c1ccc(N(c2ccc(C(C)(C)C)cc2)c2cc3cc(-c4cccc5ccccc45)c4ccccc4c3c3ccccc23)cc1.Cc1ccc(N(c2ccc(C)cc2)c2cc3cc(-c4ccccc4)c4ccccc4c3c3ccccc23)cc1.c1ccc2c(c1)Sc1ccccc1N2c1cc2cc(N3c4ccccc4Sc4ccccc43)c3ccccc3c2c2ccccc12. The van der Waals surface area contributed by atoms with Crippen LogP contribution in [0.3, 0.4) is 0 Å². The zero-order valence-corrected chi connectivity index (χ0v) is 78.0. The molecule has 2 aliphatic heterocycles. The van der Waals surface area contributed by atoms with Crippen molar-refractivity contribution >= 4 is 199 Å². The van der Waals surface area contributed by atoms with Crippen molar-refractivity contribution in [2.45, 2.75) is 85.8 Å². The van der Waals surface area contributed by atoms with Crippen molar-refractivity contribution in [3.8, 4) is 22.3 Å². The van der Waals surface area contributed by atoms with E-state index in [1.165, 1.54) is 217 Å². The van der Waals surface area contributed by atoms with E-state index in [0.29, 0.717) is 0 Å². The van der Waals surface area contributed by atoms with Gasteiger partial charge in [-0.15, -0.1) is 0 Å². The molecule has 0 spiro atoms. The Kier molecular flexibility index (Phi) is 21.1. The second-order valence-electron chi connectivity index (χ2n) is 37.6. The summed E-state index contributed by atoms with van der Waals surface area (Å²) in [5, 5.41) is 25.3. The van der Waals surface area contributed by atoms with Gasteiger partial charge in [0.1, 0.15) is 0 Å². The van der Waals surface area contributed by atoms with Crippen LogP contribution in [0, 0.1) is 13.8 Å². The summed E-state index contributed by atoms with van der Waals surface area (Å²) in [6.45, 7) is 17.9. The average molecular weight is 1760 g/mol. The molecule has 0 radical (unpaired) electrons. The lowest BCUT2D eigenvalue weighted by Gasteiger charge is -2.35. The number of aryl methyl sites for hydroxylation is 2. The molecule has 23 aromatic carbocycles. The fourth-order valence-corrected chi connectivity index (χ4v) is 22.6. The predicted molar refractivity (Wildman–Crippen MR) is 579 cm³/mol. The highest BCUT2D eigenvalue weighted by atomic mass is 32.2. The van der Waals surface area contributed by atoms with Gasteiger partial charge in [0.25, 0.3) is 0 Å². The Labute approximate surface area is 792 Å². The molecule has 0 amide bonds. The van der Waals surface area contributed by atoms with Crippen LogP contribution >= 0.6 is 23.5 Å². The summed E-state index contributed by atoms with van der Waals surface area (Å²) >= 11 is 3.70. The van der Waals surface area contributed by atoms with Gasteiger partial charge in [-0.1, -0.05) is 392 Å². The van der Waals surface area contributed by atoms with E-state index in [-0.39, 0.29) is 10.8 Å². The fraction of sp³-hybridized carbons (Fsp3) is 0.0781. The zero-order valence-electron chi connectivity index (χ0n) is 76.3. The van der Waals surface area contributed by atoms with Crippen LogP contribution in [-0.4, -0.2) is 0 Å². The topological polar surface area (TPSA) is 13.0 Å². The van der Waals surface area contributed by atoms with Gasteiger partial charge in [0, 0.05) is 63.9 Å². The number of hydrogen-bond acceptors (Lipinski definition) is 6. The van der Waals surface area contributed by atoms with Crippen LogP contribution in [0.25, 0.3) is 130 Å². The lowest BCUT2D eigenvalue weighted by molar-refractivity contribution is 0.590. The molecule has 0 N–H and O–H groups in total. The first-order valence-corrected chi connectivity index (χ1v) is 48.1. The minimum Gasteiger partial charge on any atom is -0.310 e. The van der Waals surface area contributed by atoms with Crippen molar-refractivity contribution < 1.29 is 0 Å². The van der Waals surface area contributed by atoms with Crippen molar-refractivity contribution in [2.24, 2.45) is 0 Å². The van der Waals surface area contributed by atoms with Gasteiger partial charge in [-0.2, -0.15) is 0 Å². The van der Waals surface area contributed by atoms with Crippen LogP contribution in [0.1, 0.15) is 63.8 Å². The molecule has 4 nitrogen and oxygen atoms in total. The van der Waals surface area contributed by atoms with Crippen LogP contribution < -0.4 is 19.6 Å². The van der Waals surface area contributed by atoms with Gasteiger partial charge in [0.15, 0.2) is 0 Å². The van der Waals surface area contributed by atoms with E-state index >= 15 is 0 Å². The van der Waals surface area contributed by atoms with Gasteiger partial charge in [-0.25, -0.2) is 0 Å². The monoisotopic (exact) mass is 1750 g/mol. The molecule has 0 atom stereocenters. The van der Waals surface area contributed by atoms with Gasteiger partial charge >= 0.3 is 0 Å². The molecule has 0 aromatic heterocycles. The Balaban J connectivity index is 0.000000114. The van der Waals surface area contributed by atoms with E-state index in [1.54, 1.807) is 0 Å². The van der Waals surface area contributed by atoms with Crippen LogP contribution in [0.2, 0.25) is 0 Å². The summed E-state index contributed by atoms with van der Waals surface area (Å²) in [6.07, 6.45) is 0. The molecule has 0 saturated heterocycles. The molecule has 0 fully saturated rings. The largest absolute Gasteiger partial charge is 0.310 e. The minimum atomic E-state index is 0.0758. The molecule has 0 bridgehead atoms. The summed E-state index contributed by atoms with van der Waals surface area (Å²) in [5.41, 5.74) is 24.5. The first-order chi connectivity index (χ1) is 65.6. The Morgan fingerprint density at radius 3 is 0.873 bits per heavy atom. The predicted octanol–water partition coefficient (Wildman–Crippen LogP) is 37.9. The zero-order chi connectivity index (χ0) is 90.5. The number of hydrogen-bond donors (Lipinski definition) is 0. The van der Waals surface area contributed by atoms with Gasteiger partial charge in [0.05, 0.1) is 45.5 Å². The van der Waals surface area contributed by atoms with Gasteiger partial charge in [-0.05, 0) is 278 Å². The van der Waals surface area contributed by atoms with Crippen molar-refractivity contribution in [1.82, 2.24) is 0 Å². The highest BCUT2D eigenvalue weighted by molar-refractivity contribution is 8.00. The maximum absolute atomic E-state index is 2.47. The first-order valence-electron chi connectivity index (χ1n) is 46.5. The first kappa shape index (κ1) is 82.9. The van der Waals surface area contributed by atoms with Gasteiger partial charge in [0.2, 0.25) is 0 Å². The van der Waals surface area contributed by atoms with Crippen molar-refractivity contribution in [2.75, 3.05) is 19.6 Å². The molecule has 23 aromatic rings. The van der Waals surface area contributed by atoms with Crippen LogP contribution in [-0.2, 0) is 10.8 Å². The van der Waals surface area contributed by atoms with Crippen LogP contribution in [0.4, 0.5) is 68.2 Å². The van der Waals surface area contributed by atoms with Crippen molar-refractivity contribution in [1.29, 1.82) is 0 Å². The second-order valence-corrected chi connectivity index (χ2v) is 39.7. The molecule has 6 heteroatoms. The standard InChI is InChI=1S/C48H43N.C42H26N2S2.C38H29N/c1-47(2,3)34-22-26-36(27-23-34)49(37-28-24-35(25-29-37)48(4,5)6)45-31-33-30-44(39-21-13-15-32-14-7-8-16-38(32)39)40-17-9-11-19-42(40)46(33)43-20-12-10-18-41(43)45;1-3-15-30-28(13-1)36(43-32-17-5-9-21-38(32)45-39-22-10-6-18-33(39)43)25-27-26-37(29-14-2-4-16-31(29)42(27)30)44-34-19-7-11-23-40(34)46-41-24-12-8-20-35(41)44;1-26-16-20-30(21-17-26)39(31-22-18-27(2)19-23-31)37-25-29-24-36(28-10-4-3-5-11-28)32-12-6-8-14-34(32)38(29)35-15-9-7-13-33(35)37/h7-31H,1-6H3;1-26H;3-25H,1-2H3. The number of benzene rings is 23. The summed E-state index contributed by atoms with van der Waals surface area (Å²) in [7, 11) is 0. The third kappa shape index (κ3) is 14.9. The molecule has 134 heavy (non-hydrogen) atoms. The number of anilines is 12. The number of para-hydroxylation sites is 4. The van der Waals surface area contributed by atoms with E-state index in [4.69, 9.17) is 0 Å². The summed E-state index contributed by atoms with van der Waals surface area (Å²) in [5.74, 6) is 0. The van der Waals surface area contributed by atoms with Crippen molar-refractivity contribution in [3.05, 3.63) is 471 Å². The Hall–Kier alpha value is -15.4. The lowest BCUT2D eigenvalue weighted by Crippen LogP contribution is -2.16. The van der Waals surface area contributed by atoms with Crippen LogP contribution in [0.5, 0.6) is 0 Å². The Morgan fingerprint density at radius 1 is 0.201 bits per heavy atom. The second kappa shape index (κ2) is 34.1. The van der Waals surface area contributed by atoms with Crippen LogP contribution in [0.15, 0.2) is 468 Å². The smallest absolute Gasteiger partial charge is 0.0601 e. The number of fused-ring (bicyclic) bond motifs is 20. The highest BCUT2D eigenvalue weighted by Crippen LogP contribution is 2.58. The molecule has 0 aliphatic carbocycles. The number of nitrogens with zero attached hydrogens (tertiary/aromatic N) is 4. The van der Waals surface area contributed by atoms with E-state index < -0.39 is 0 Å². The minimum absolute atomic E-state index is 0.0758. The third-order valence-electron chi connectivity index (χ3n) is 27.1. The maximum atomic E-state index is 2.47. The van der Waals surface area contributed by atoms with E-state index in [0.717, 1.165) is 22.7 Å². The lowest BCUT2D eigenvalue weighted by atomic mass is 9.86. The summed E-state index contributed by atoms with van der Waals surface area (Å²) < 4.78 is 0. The normalized spacial score (nSPS) is 12.4. The molecule has 25 rings (SSSR count). The molecule has 642 valence electrons. The third-order valence-corrected chi connectivity index (χ3v) is 29.3. The summed E-state index contributed by atoms with van der Waals surface area (Å²) in [6, 6.07) is 165. The Bertz CT molecular complexity index is 8170. The maximum Gasteiger partial charge on any atom is 0.0601 e. The fourth-order valence-electron chi connectivity index (χ4n) is 20.5. The molecule has 2 aliphatic rings. The molecular formula is C128H98N4S2. The van der Waals surface area contributed by atoms with E-state index in [1.807, 2.05) is 23.5 Å². The van der Waals surface area contributed by atoms with E-state index in [2.05, 4.69) is 524 Å². The number of rotatable bonds is 10. The molecule has 2 heterocycles. The Morgan fingerprint density at radius 2 is 0.485 bits per heavy atom. The highest BCUT2D eigenvalue weighted by Gasteiger charge is 2.32. The molecule has 0 saturated carbocycles. The van der Waals surface area contributed by atoms with Gasteiger partial charge < -0.3 is 19.6 Å². The molecule has 0 unspecified atom stereocenters. The average Bonchev–Trinajstić information content (AvgIpc) is 0.718.